The smallest absolute Gasteiger partial charge is 0.191 e. The van der Waals surface area contributed by atoms with Crippen LogP contribution in [0.25, 0.3) is 0 Å². The van der Waals surface area contributed by atoms with Crippen molar-refractivity contribution in [2.75, 3.05) is 53.6 Å². The molecule has 2 N–H and O–H groups in total. The zero-order valence-electron chi connectivity index (χ0n) is 17.2. The molecule has 0 unspecified atom stereocenters. The van der Waals surface area contributed by atoms with E-state index < -0.39 is 0 Å². The molecule has 0 aromatic heterocycles. The summed E-state index contributed by atoms with van der Waals surface area (Å²) in [5.41, 5.74) is 1.14. The van der Waals surface area contributed by atoms with Gasteiger partial charge in [0.2, 0.25) is 0 Å². The van der Waals surface area contributed by atoms with Gasteiger partial charge < -0.3 is 25.0 Å². The highest BCUT2D eigenvalue weighted by molar-refractivity contribution is 5.79. The third-order valence-electron chi connectivity index (χ3n) is 4.28. The fraction of sp³-hybridized carbons (Fsp3) is 0.667. The summed E-state index contributed by atoms with van der Waals surface area (Å²) in [4.78, 5) is 6.79. The topological polar surface area (TPSA) is 58.1 Å². The molecule has 6 heteroatoms. The van der Waals surface area contributed by atoms with E-state index in [2.05, 4.69) is 39.6 Å². The van der Waals surface area contributed by atoms with Gasteiger partial charge in [0.15, 0.2) is 5.96 Å². The van der Waals surface area contributed by atoms with E-state index in [0.717, 1.165) is 62.5 Å². The normalized spacial score (nSPS) is 14.4. The van der Waals surface area contributed by atoms with Gasteiger partial charge in [-0.25, -0.2) is 4.99 Å². The number of aliphatic imine (C=N–C) groups is 1. The second-order valence-corrected chi connectivity index (χ2v) is 7.29. The zero-order valence-corrected chi connectivity index (χ0v) is 17.2. The second-order valence-electron chi connectivity index (χ2n) is 7.29. The molecular weight excluding hydrogens is 340 g/mol. The molecule has 2 rings (SSSR count). The molecule has 0 amide bonds. The second kappa shape index (κ2) is 12.6. The van der Waals surface area contributed by atoms with E-state index in [1.54, 1.807) is 0 Å². The van der Waals surface area contributed by atoms with Gasteiger partial charge in [-0.15, -0.1) is 0 Å². The van der Waals surface area contributed by atoms with Crippen molar-refractivity contribution in [1.29, 1.82) is 0 Å². The van der Waals surface area contributed by atoms with Gasteiger partial charge in [0, 0.05) is 32.8 Å². The molecule has 1 aliphatic carbocycles. The molecule has 0 spiro atoms. The summed E-state index contributed by atoms with van der Waals surface area (Å²) >= 11 is 0. The molecule has 0 atom stereocenters. The summed E-state index contributed by atoms with van der Waals surface area (Å²) in [5, 5.41) is 6.67. The maximum Gasteiger partial charge on any atom is 0.191 e. The summed E-state index contributed by atoms with van der Waals surface area (Å²) in [5.74, 6) is 2.58. The minimum Gasteiger partial charge on any atom is -0.492 e. The molecule has 1 aromatic carbocycles. The first kappa shape index (κ1) is 21.5. The number of nitrogens with one attached hydrogen (secondary N) is 2. The van der Waals surface area contributed by atoms with E-state index in [1.165, 1.54) is 12.8 Å². The largest absolute Gasteiger partial charge is 0.492 e. The first-order valence-electron chi connectivity index (χ1n) is 10.1. The first-order chi connectivity index (χ1) is 13.2. The van der Waals surface area contributed by atoms with Crippen LogP contribution >= 0.6 is 0 Å². The van der Waals surface area contributed by atoms with E-state index in [4.69, 9.17) is 9.47 Å². The molecule has 6 nitrogen and oxygen atoms in total. The number of nitrogens with zero attached hydrogens (tertiary/aromatic N) is 2. The summed E-state index contributed by atoms with van der Waals surface area (Å²) in [6.07, 6.45) is 3.68. The van der Waals surface area contributed by atoms with E-state index in [9.17, 15) is 0 Å². The SMILES string of the molecule is CCNC(=NCc1cccc(OCCN(C)C)c1)NCCCOCC1CC1. The van der Waals surface area contributed by atoms with Crippen LogP contribution in [0, 0.1) is 5.92 Å². The summed E-state index contributed by atoms with van der Waals surface area (Å²) < 4.78 is 11.5. The monoisotopic (exact) mass is 376 g/mol. The average molecular weight is 377 g/mol. The number of ether oxygens (including phenoxy) is 2. The highest BCUT2D eigenvalue weighted by atomic mass is 16.5. The van der Waals surface area contributed by atoms with E-state index in [-0.39, 0.29) is 0 Å². The molecule has 0 bridgehead atoms. The van der Waals surface area contributed by atoms with Crippen LogP contribution in [0.3, 0.4) is 0 Å². The van der Waals surface area contributed by atoms with Crippen molar-refractivity contribution in [2.45, 2.75) is 32.7 Å². The van der Waals surface area contributed by atoms with E-state index in [1.807, 2.05) is 26.2 Å². The highest BCUT2D eigenvalue weighted by Crippen LogP contribution is 2.28. The highest BCUT2D eigenvalue weighted by Gasteiger charge is 2.20. The van der Waals surface area contributed by atoms with Crippen LogP contribution in [-0.4, -0.2) is 64.4 Å². The Morgan fingerprint density at radius 2 is 2.07 bits per heavy atom. The van der Waals surface area contributed by atoms with Gasteiger partial charge in [0.25, 0.3) is 0 Å². The molecule has 152 valence electrons. The summed E-state index contributed by atoms with van der Waals surface area (Å²) in [6.45, 7) is 7.75. The number of hydrogen-bond donors (Lipinski definition) is 2. The molecule has 1 saturated carbocycles. The van der Waals surface area contributed by atoms with Gasteiger partial charge >= 0.3 is 0 Å². The Morgan fingerprint density at radius 1 is 1.22 bits per heavy atom. The maximum absolute atomic E-state index is 5.80. The minimum atomic E-state index is 0.623. The lowest BCUT2D eigenvalue weighted by Crippen LogP contribution is -2.38. The van der Waals surface area contributed by atoms with Gasteiger partial charge in [-0.2, -0.15) is 0 Å². The molecular formula is C21H36N4O2. The first-order valence-corrected chi connectivity index (χ1v) is 10.1. The maximum atomic E-state index is 5.80. The molecule has 1 fully saturated rings. The fourth-order valence-electron chi connectivity index (χ4n) is 2.51. The van der Waals surface area contributed by atoms with Crippen LogP contribution < -0.4 is 15.4 Å². The Morgan fingerprint density at radius 3 is 2.81 bits per heavy atom. The molecule has 1 aliphatic rings. The molecule has 0 saturated heterocycles. The van der Waals surface area contributed by atoms with Crippen molar-refractivity contribution < 1.29 is 9.47 Å². The van der Waals surface area contributed by atoms with Crippen LogP contribution in [0.4, 0.5) is 0 Å². The lowest BCUT2D eigenvalue weighted by Gasteiger charge is -2.12. The van der Waals surface area contributed by atoms with Crippen molar-refractivity contribution >= 4 is 5.96 Å². The number of likely N-dealkylation sites (N-methyl/N-ethyl adjacent to an activating group) is 1. The molecule has 1 aromatic rings. The Balaban J connectivity index is 1.71. The van der Waals surface area contributed by atoms with Gasteiger partial charge in [-0.1, -0.05) is 12.1 Å². The number of rotatable bonds is 13. The molecule has 27 heavy (non-hydrogen) atoms. The Bertz CT molecular complexity index is 559. The predicted octanol–water partition coefficient (Wildman–Crippen LogP) is 2.50. The Labute approximate surface area is 164 Å². The third kappa shape index (κ3) is 10.2. The number of benzene rings is 1. The quantitative estimate of drug-likeness (QED) is 0.315. The lowest BCUT2D eigenvalue weighted by molar-refractivity contribution is 0.123. The van der Waals surface area contributed by atoms with Crippen molar-refractivity contribution in [3.63, 3.8) is 0 Å². The average Bonchev–Trinajstić information content (AvgIpc) is 3.47. The fourth-order valence-corrected chi connectivity index (χ4v) is 2.51. The van der Waals surface area contributed by atoms with Crippen molar-refractivity contribution in [2.24, 2.45) is 10.9 Å². The summed E-state index contributed by atoms with van der Waals surface area (Å²) in [7, 11) is 4.09. The predicted molar refractivity (Wildman–Crippen MR) is 111 cm³/mol. The van der Waals surface area contributed by atoms with Crippen molar-refractivity contribution in [3.05, 3.63) is 29.8 Å². The van der Waals surface area contributed by atoms with Crippen LogP contribution in [-0.2, 0) is 11.3 Å². The molecule has 0 radical (unpaired) electrons. The van der Waals surface area contributed by atoms with Crippen molar-refractivity contribution in [3.8, 4) is 5.75 Å². The van der Waals surface area contributed by atoms with E-state index >= 15 is 0 Å². The lowest BCUT2D eigenvalue weighted by atomic mass is 10.2. The number of guanidine groups is 1. The zero-order chi connectivity index (χ0) is 19.3. The van der Waals surface area contributed by atoms with Gasteiger partial charge in [0.05, 0.1) is 6.54 Å². The van der Waals surface area contributed by atoms with Crippen LogP contribution in [0.2, 0.25) is 0 Å². The van der Waals surface area contributed by atoms with Crippen LogP contribution in [0.15, 0.2) is 29.3 Å². The standard InChI is InChI=1S/C21H36N4O2/c1-4-22-21(23-11-6-13-26-17-18-9-10-18)24-16-19-7-5-8-20(15-19)27-14-12-25(2)3/h5,7-8,15,18H,4,6,9-14,16-17H2,1-3H3,(H2,22,23,24). The molecule has 0 aliphatic heterocycles. The Hall–Kier alpha value is -1.79. The van der Waals surface area contributed by atoms with Gasteiger partial charge in [0.1, 0.15) is 12.4 Å². The van der Waals surface area contributed by atoms with Crippen LogP contribution in [0.5, 0.6) is 5.75 Å². The Kier molecular flexibility index (Phi) is 10.0. The third-order valence-corrected chi connectivity index (χ3v) is 4.28. The van der Waals surface area contributed by atoms with Crippen molar-refractivity contribution in [1.82, 2.24) is 15.5 Å². The molecule has 0 heterocycles. The van der Waals surface area contributed by atoms with Gasteiger partial charge in [-0.05, 0) is 63.9 Å². The number of hydrogen-bond acceptors (Lipinski definition) is 4. The summed E-state index contributed by atoms with van der Waals surface area (Å²) in [6, 6.07) is 8.16. The van der Waals surface area contributed by atoms with Crippen LogP contribution in [0.1, 0.15) is 31.7 Å². The van der Waals surface area contributed by atoms with Gasteiger partial charge in [-0.3, -0.25) is 0 Å². The minimum absolute atomic E-state index is 0.623. The van der Waals surface area contributed by atoms with E-state index in [0.29, 0.717) is 13.2 Å².